The molecule has 0 aliphatic carbocycles. The second kappa shape index (κ2) is 7.71. The van der Waals surface area contributed by atoms with Gasteiger partial charge >= 0.3 is 0 Å². The van der Waals surface area contributed by atoms with Gasteiger partial charge in [-0.3, -0.25) is 4.79 Å². The fourth-order valence-corrected chi connectivity index (χ4v) is 2.90. The predicted octanol–water partition coefficient (Wildman–Crippen LogP) is 0.608. The molecule has 1 fully saturated rings. The smallest absolute Gasteiger partial charge is 0.251 e. The van der Waals surface area contributed by atoms with E-state index in [1.54, 1.807) is 31.2 Å². The number of carbonyl (C=O) groups is 1. The lowest BCUT2D eigenvalue weighted by atomic mass is 10.1. The SMILES string of the molecule is CCS(=O)(=O)NCc1ccc(C(=O)N[C@H]2CCCNC2)cc1. The average Bonchev–Trinajstić information content (AvgIpc) is 2.54. The Hall–Kier alpha value is -1.44. The number of nitrogens with one attached hydrogen (secondary N) is 3. The van der Waals surface area contributed by atoms with Gasteiger partial charge in [0.2, 0.25) is 10.0 Å². The summed E-state index contributed by atoms with van der Waals surface area (Å²) < 4.78 is 25.3. The van der Waals surface area contributed by atoms with Gasteiger partial charge in [-0.05, 0) is 44.0 Å². The Morgan fingerprint density at radius 1 is 1.32 bits per heavy atom. The highest BCUT2D eigenvalue weighted by Gasteiger charge is 2.16. The number of carbonyl (C=O) groups excluding carboxylic acids is 1. The fraction of sp³-hybridized carbons (Fsp3) is 0.533. The fourth-order valence-electron chi connectivity index (χ4n) is 2.31. The number of rotatable bonds is 6. The van der Waals surface area contributed by atoms with Crippen LogP contribution in [0.5, 0.6) is 0 Å². The van der Waals surface area contributed by atoms with Gasteiger partial charge in [0.05, 0.1) is 5.75 Å². The summed E-state index contributed by atoms with van der Waals surface area (Å²) in [5, 5.41) is 6.26. The van der Waals surface area contributed by atoms with Gasteiger partial charge in [0, 0.05) is 24.7 Å². The van der Waals surface area contributed by atoms with Gasteiger partial charge in [-0.15, -0.1) is 0 Å². The minimum absolute atomic E-state index is 0.0584. The molecule has 0 bridgehead atoms. The molecule has 1 heterocycles. The zero-order chi connectivity index (χ0) is 16.0. The molecule has 122 valence electrons. The van der Waals surface area contributed by atoms with Crippen LogP contribution >= 0.6 is 0 Å². The van der Waals surface area contributed by atoms with E-state index in [-0.39, 0.29) is 24.2 Å². The molecule has 1 amide bonds. The average molecular weight is 325 g/mol. The molecule has 1 atom stereocenters. The van der Waals surface area contributed by atoms with Crippen LogP contribution in [0, 0.1) is 0 Å². The normalized spacial score (nSPS) is 18.9. The van der Waals surface area contributed by atoms with E-state index in [2.05, 4.69) is 15.4 Å². The van der Waals surface area contributed by atoms with E-state index in [0.717, 1.165) is 31.5 Å². The summed E-state index contributed by atoms with van der Waals surface area (Å²) in [6, 6.07) is 7.16. The first kappa shape index (κ1) is 16.9. The molecule has 0 saturated carbocycles. The second-order valence-corrected chi connectivity index (χ2v) is 7.53. The largest absolute Gasteiger partial charge is 0.348 e. The molecular formula is C15H23N3O3S. The van der Waals surface area contributed by atoms with E-state index in [1.807, 2.05) is 0 Å². The summed E-state index contributed by atoms with van der Waals surface area (Å²) in [4.78, 5) is 12.1. The summed E-state index contributed by atoms with van der Waals surface area (Å²) in [6.07, 6.45) is 2.07. The van der Waals surface area contributed by atoms with Gasteiger partial charge in [-0.1, -0.05) is 12.1 Å². The van der Waals surface area contributed by atoms with Crippen molar-refractivity contribution in [1.29, 1.82) is 0 Å². The third-order valence-corrected chi connectivity index (χ3v) is 5.07. The van der Waals surface area contributed by atoms with Crippen molar-refractivity contribution in [3.8, 4) is 0 Å². The number of sulfonamides is 1. The topological polar surface area (TPSA) is 87.3 Å². The van der Waals surface area contributed by atoms with Crippen LogP contribution in [-0.2, 0) is 16.6 Å². The van der Waals surface area contributed by atoms with Gasteiger partial charge in [0.1, 0.15) is 0 Å². The van der Waals surface area contributed by atoms with Crippen LogP contribution in [0.3, 0.4) is 0 Å². The van der Waals surface area contributed by atoms with Crippen LogP contribution in [-0.4, -0.2) is 39.2 Å². The highest BCUT2D eigenvalue weighted by molar-refractivity contribution is 7.89. The van der Waals surface area contributed by atoms with Gasteiger partial charge in [0.25, 0.3) is 5.91 Å². The Balaban J connectivity index is 1.89. The molecule has 1 aliphatic rings. The van der Waals surface area contributed by atoms with Gasteiger partial charge < -0.3 is 10.6 Å². The first-order chi connectivity index (χ1) is 10.5. The van der Waals surface area contributed by atoms with Crippen LogP contribution in [0.15, 0.2) is 24.3 Å². The summed E-state index contributed by atoms with van der Waals surface area (Å²) in [7, 11) is -3.20. The van der Waals surface area contributed by atoms with Crippen LogP contribution < -0.4 is 15.4 Å². The summed E-state index contributed by atoms with van der Waals surface area (Å²) >= 11 is 0. The van der Waals surface area contributed by atoms with Crippen molar-refractivity contribution < 1.29 is 13.2 Å². The van der Waals surface area contributed by atoms with Crippen molar-refractivity contribution in [1.82, 2.24) is 15.4 Å². The third-order valence-electron chi connectivity index (χ3n) is 3.72. The molecule has 3 N–H and O–H groups in total. The van der Waals surface area contributed by atoms with Gasteiger partial charge in [-0.2, -0.15) is 0 Å². The van der Waals surface area contributed by atoms with E-state index >= 15 is 0 Å². The first-order valence-corrected chi connectivity index (χ1v) is 9.23. The molecule has 1 aromatic rings. The Morgan fingerprint density at radius 3 is 2.64 bits per heavy atom. The molecular weight excluding hydrogens is 302 g/mol. The van der Waals surface area contributed by atoms with Crippen molar-refractivity contribution in [2.45, 2.75) is 32.4 Å². The number of benzene rings is 1. The molecule has 0 radical (unpaired) electrons. The van der Waals surface area contributed by atoms with Crippen molar-refractivity contribution >= 4 is 15.9 Å². The maximum Gasteiger partial charge on any atom is 0.251 e. The van der Waals surface area contributed by atoms with Crippen molar-refractivity contribution in [3.05, 3.63) is 35.4 Å². The van der Waals surface area contributed by atoms with E-state index in [9.17, 15) is 13.2 Å². The zero-order valence-corrected chi connectivity index (χ0v) is 13.6. The Bertz CT molecular complexity index is 593. The lowest BCUT2D eigenvalue weighted by molar-refractivity contribution is 0.0930. The van der Waals surface area contributed by atoms with Crippen LogP contribution in [0.4, 0.5) is 0 Å². The first-order valence-electron chi connectivity index (χ1n) is 7.58. The minimum atomic E-state index is -3.20. The lowest BCUT2D eigenvalue weighted by Crippen LogP contribution is -2.45. The van der Waals surface area contributed by atoms with Crippen LogP contribution in [0.25, 0.3) is 0 Å². The van der Waals surface area contributed by atoms with Gasteiger partial charge in [0.15, 0.2) is 0 Å². The van der Waals surface area contributed by atoms with E-state index in [4.69, 9.17) is 0 Å². The summed E-state index contributed by atoms with van der Waals surface area (Å²) in [5.74, 6) is -0.0301. The number of piperidine rings is 1. The second-order valence-electron chi connectivity index (χ2n) is 5.44. The standard InChI is InChI=1S/C15H23N3O3S/c1-2-22(20,21)17-10-12-5-7-13(8-6-12)15(19)18-14-4-3-9-16-11-14/h5-8,14,16-17H,2-4,9-11H2,1H3,(H,18,19)/t14-/m0/s1. The molecule has 2 rings (SSSR count). The Kier molecular flexibility index (Phi) is 5.93. The highest BCUT2D eigenvalue weighted by atomic mass is 32.2. The molecule has 0 spiro atoms. The Morgan fingerprint density at radius 2 is 2.05 bits per heavy atom. The lowest BCUT2D eigenvalue weighted by Gasteiger charge is -2.23. The molecule has 1 aromatic carbocycles. The zero-order valence-electron chi connectivity index (χ0n) is 12.8. The maximum absolute atomic E-state index is 12.1. The summed E-state index contributed by atoms with van der Waals surface area (Å²) in [6.45, 7) is 3.65. The molecule has 6 nitrogen and oxygen atoms in total. The maximum atomic E-state index is 12.1. The van der Waals surface area contributed by atoms with Crippen molar-refractivity contribution in [2.75, 3.05) is 18.8 Å². The number of hydrogen-bond donors (Lipinski definition) is 3. The monoisotopic (exact) mass is 325 g/mol. The molecule has 1 aliphatic heterocycles. The number of hydrogen-bond acceptors (Lipinski definition) is 4. The third kappa shape index (κ3) is 5.08. The molecule has 0 unspecified atom stereocenters. The van der Waals surface area contributed by atoms with E-state index in [0.29, 0.717) is 5.56 Å². The molecule has 7 heteroatoms. The molecule has 22 heavy (non-hydrogen) atoms. The quantitative estimate of drug-likeness (QED) is 0.715. The molecule has 0 aromatic heterocycles. The molecule has 1 saturated heterocycles. The number of amides is 1. The highest BCUT2D eigenvalue weighted by Crippen LogP contribution is 2.07. The van der Waals surface area contributed by atoms with E-state index in [1.165, 1.54) is 0 Å². The van der Waals surface area contributed by atoms with Crippen LogP contribution in [0.2, 0.25) is 0 Å². The summed E-state index contributed by atoms with van der Waals surface area (Å²) in [5.41, 5.74) is 1.42. The Labute approximate surface area is 131 Å². The predicted molar refractivity (Wildman–Crippen MR) is 86.1 cm³/mol. The van der Waals surface area contributed by atoms with E-state index < -0.39 is 10.0 Å². The van der Waals surface area contributed by atoms with Gasteiger partial charge in [-0.25, -0.2) is 13.1 Å². The minimum Gasteiger partial charge on any atom is -0.348 e. The van der Waals surface area contributed by atoms with Crippen molar-refractivity contribution in [2.24, 2.45) is 0 Å². The van der Waals surface area contributed by atoms with Crippen molar-refractivity contribution in [3.63, 3.8) is 0 Å². The van der Waals surface area contributed by atoms with Crippen LogP contribution in [0.1, 0.15) is 35.7 Å².